The molecule has 0 amide bonds. The van der Waals surface area contributed by atoms with E-state index in [1.165, 1.54) is 19.3 Å². The summed E-state index contributed by atoms with van der Waals surface area (Å²) in [6.45, 7) is 5.76. The van der Waals surface area contributed by atoms with Crippen LogP contribution in [0.1, 0.15) is 45.4 Å². The lowest BCUT2D eigenvalue weighted by Gasteiger charge is -2.22. The van der Waals surface area contributed by atoms with Crippen LogP contribution in [0.15, 0.2) is 0 Å². The van der Waals surface area contributed by atoms with E-state index in [0.717, 1.165) is 44.8 Å². The first kappa shape index (κ1) is 18.7. The van der Waals surface area contributed by atoms with Crippen molar-refractivity contribution in [3.8, 4) is 12.0 Å². The number of methoxy groups -OCH3 is 1. The smallest absolute Gasteiger partial charge is 0.320 e. The minimum absolute atomic E-state index is 0.309. The van der Waals surface area contributed by atoms with Crippen LogP contribution in [0.5, 0.6) is 12.0 Å². The molecule has 3 rings (SSSR count). The first-order valence-electron chi connectivity index (χ1n) is 9.64. The van der Waals surface area contributed by atoms with Gasteiger partial charge in [0.1, 0.15) is 0 Å². The molecular formula is C18H30N6O2. The maximum atomic E-state index is 6.07. The fourth-order valence-corrected chi connectivity index (χ4v) is 3.42. The fourth-order valence-electron chi connectivity index (χ4n) is 3.42. The van der Waals surface area contributed by atoms with E-state index in [4.69, 9.17) is 15.2 Å². The number of fused-ring (bicyclic) bond motifs is 1. The molecule has 26 heavy (non-hydrogen) atoms. The van der Waals surface area contributed by atoms with Gasteiger partial charge in [-0.25, -0.2) is 0 Å². The number of nitrogens with two attached hydrogens (primary N) is 1. The Morgan fingerprint density at radius 3 is 2.88 bits per heavy atom. The van der Waals surface area contributed by atoms with Gasteiger partial charge in [0.2, 0.25) is 0 Å². The highest BCUT2D eigenvalue weighted by Gasteiger charge is 2.19. The summed E-state index contributed by atoms with van der Waals surface area (Å²) in [5.41, 5.74) is 7.33. The molecule has 2 aromatic heterocycles. The summed E-state index contributed by atoms with van der Waals surface area (Å²) in [6, 6.07) is 0.831. The number of unbranched alkanes of at least 4 members (excludes halogenated alkanes) is 1. The highest BCUT2D eigenvalue weighted by molar-refractivity contribution is 5.83. The second kappa shape index (κ2) is 9.02. The van der Waals surface area contributed by atoms with Crippen LogP contribution in [0.3, 0.4) is 0 Å². The van der Waals surface area contributed by atoms with Gasteiger partial charge >= 0.3 is 6.01 Å². The second-order valence-electron chi connectivity index (χ2n) is 6.87. The van der Waals surface area contributed by atoms with Gasteiger partial charge < -0.3 is 20.5 Å². The SMILES string of the molecule is CCCCOc1nc(N)c2nc(OC)n(CCCC3CCCNC3)c2n1. The molecule has 1 fully saturated rings. The van der Waals surface area contributed by atoms with Gasteiger partial charge in [0.25, 0.3) is 6.01 Å². The molecule has 0 spiro atoms. The molecule has 1 saturated heterocycles. The van der Waals surface area contributed by atoms with E-state index in [0.29, 0.717) is 35.6 Å². The average Bonchev–Trinajstić information content (AvgIpc) is 3.01. The summed E-state index contributed by atoms with van der Waals surface area (Å²) in [5, 5.41) is 3.47. The summed E-state index contributed by atoms with van der Waals surface area (Å²) in [7, 11) is 1.62. The van der Waals surface area contributed by atoms with Crippen molar-refractivity contribution in [3.63, 3.8) is 0 Å². The Balaban J connectivity index is 1.75. The largest absolute Gasteiger partial charge is 0.468 e. The van der Waals surface area contributed by atoms with Crippen LogP contribution in [0.2, 0.25) is 0 Å². The molecule has 0 aliphatic carbocycles. The van der Waals surface area contributed by atoms with Crippen LogP contribution in [-0.2, 0) is 6.54 Å². The summed E-state index contributed by atoms with van der Waals surface area (Å²) in [4.78, 5) is 13.2. The lowest BCUT2D eigenvalue weighted by Crippen LogP contribution is -2.29. The van der Waals surface area contributed by atoms with Crippen molar-refractivity contribution < 1.29 is 9.47 Å². The Labute approximate surface area is 154 Å². The molecule has 0 aromatic carbocycles. The fraction of sp³-hybridized carbons (Fsp3) is 0.722. The molecule has 8 nitrogen and oxygen atoms in total. The molecule has 144 valence electrons. The quantitative estimate of drug-likeness (QED) is 0.661. The van der Waals surface area contributed by atoms with Gasteiger partial charge in [-0.15, -0.1) is 0 Å². The van der Waals surface area contributed by atoms with Crippen molar-refractivity contribution in [1.29, 1.82) is 0 Å². The lowest BCUT2D eigenvalue weighted by molar-refractivity contribution is 0.286. The number of hydrogen-bond donors (Lipinski definition) is 2. The van der Waals surface area contributed by atoms with Crippen molar-refractivity contribution in [1.82, 2.24) is 24.8 Å². The molecule has 1 unspecified atom stereocenters. The Kier molecular flexibility index (Phi) is 6.49. The third kappa shape index (κ3) is 4.35. The number of rotatable bonds is 9. The zero-order valence-corrected chi connectivity index (χ0v) is 15.8. The normalized spacial score (nSPS) is 17.5. The first-order chi connectivity index (χ1) is 12.7. The van der Waals surface area contributed by atoms with Crippen molar-refractivity contribution in [2.24, 2.45) is 5.92 Å². The number of piperidine rings is 1. The van der Waals surface area contributed by atoms with Gasteiger partial charge in [-0.3, -0.25) is 4.57 Å². The Morgan fingerprint density at radius 2 is 2.15 bits per heavy atom. The highest BCUT2D eigenvalue weighted by atomic mass is 16.5. The molecule has 0 bridgehead atoms. The van der Waals surface area contributed by atoms with Gasteiger partial charge in [-0.1, -0.05) is 13.3 Å². The van der Waals surface area contributed by atoms with Crippen molar-refractivity contribution >= 4 is 17.0 Å². The summed E-state index contributed by atoms with van der Waals surface area (Å²) in [6.07, 6.45) is 6.81. The van der Waals surface area contributed by atoms with Crippen molar-refractivity contribution in [2.75, 3.05) is 32.5 Å². The standard InChI is InChI=1S/C18H30N6O2/c1-3-4-11-26-17-22-15(19)14-16(23-17)24(18(21-14)25-2)10-6-8-13-7-5-9-20-12-13/h13,20H,3-12H2,1-2H3,(H2,19,22,23). The van der Waals surface area contributed by atoms with E-state index in [2.05, 4.69) is 27.2 Å². The summed E-state index contributed by atoms with van der Waals surface area (Å²) in [5.74, 6) is 1.08. The lowest BCUT2D eigenvalue weighted by atomic mass is 9.95. The maximum absolute atomic E-state index is 6.07. The van der Waals surface area contributed by atoms with Gasteiger partial charge in [-0.2, -0.15) is 15.0 Å². The number of nitrogens with one attached hydrogen (secondary N) is 1. The van der Waals surface area contributed by atoms with Gasteiger partial charge in [0, 0.05) is 6.54 Å². The van der Waals surface area contributed by atoms with Gasteiger partial charge in [0.15, 0.2) is 17.0 Å². The van der Waals surface area contributed by atoms with Crippen LogP contribution in [0, 0.1) is 5.92 Å². The van der Waals surface area contributed by atoms with E-state index < -0.39 is 0 Å². The molecule has 2 aromatic rings. The van der Waals surface area contributed by atoms with Crippen molar-refractivity contribution in [3.05, 3.63) is 0 Å². The molecule has 1 aliphatic rings. The van der Waals surface area contributed by atoms with Crippen LogP contribution >= 0.6 is 0 Å². The zero-order chi connectivity index (χ0) is 18.4. The Bertz CT molecular complexity index is 711. The van der Waals surface area contributed by atoms with Crippen LogP contribution in [-0.4, -0.2) is 46.3 Å². The van der Waals surface area contributed by atoms with E-state index in [1.807, 2.05) is 4.57 Å². The number of anilines is 1. The van der Waals surface area contributed by atoms with E-state index in [9.17, 15) is 0 Å². The molecule has 0 radical (unpaired) electrons. The third-order valence-electron chi connectivity index (χ3n) is 4.87. The first-order valence-corrected chi connectivity index (χ1v) is 9.64. The molecule has 8 heteroatoms. The Morgan fingerprint density at radius 1 is 1.27 bits per heavy atom. The van der Waals surface area contributed by atoms with E-state index in [1.54, 1.807) is 7.11 Å². The van der Waals surface area contributed by atoms with Crippen LogP contribution in [0.4, 0.5) is 5.82 Å². The molecular weight excluding hydrogens is 332 g/mol. The molecule has 3 heterocycles. The number of nitrogens with zero attached hydrogens (tertiary/aromatic N) is 4. The molecule has 0 saturated carbocycles. The van der Waals surface area contributed by atoms with E-state index in [-0.39, 0.29) is 0 Å². The van der Waals surface area contributed by atoms with Gasteiger partial charge in [-0.05, 0) is 51.1 Å². The number of nitrogen functional groups attached to an aromatic ring is 1. The number of aryl methyl sites for hydroxylation is 1. The molecule has 1 aliphatic heterocycles. The predicted molar refractivity (Wildman–Crippen MR) is 102 cm³/mol. The number of ether oxygens (including phenoxy) is 2. The van der Waals surface area contributed by atoms with E-state index >= 15 is 0 Å². The number of aromatic nitrogens is 4. The summed E-state index contributed by atoms with van der Waals surface area (Å²) < 4.78 is 13.1. The summed E-state index contributed by atoms with van der Waals surface area (Å²) >= 11 is 0. The molecule has 3 N–H and O–H groups in total. The average molecular weight is 362 g/mol. The predicted octanol–water partition coefficient (Wildman–Crippen LogP) is 2.38. The van der Waals surface area contributed by atoms with Crippen molar-refractivity contribution in [2.45, 2.75) is 52.0 Å². The maximum Gasteiger partial charge on any atom is 0.320 e. The van der Waals surface area contributed by atoms with Crippen LogP contribution < -0.4 is 20.5 Å². The number of hydrogen-bond acceptors (Lipinski definition) is 7. The second-order valence-corrected chi connectivity index (χ2v) is 6.87. The Hall–Kier alpha value is -2.09. The zero-order valence-electron chi connectivity index (χ0n) is 15.8. The number of imidazole rings is 1. The minimum atomic E-state index is 0.309. The van der Waals surface area contributed by atoms with Crippen LogP contribution in [0.25, 0.3) is 11.2 Å². The van der Waals surface area contributed by atoms with Gasteiger partial charge in [0.05, 0.1) is 13.7 Å². The molecule has 1 atom stereocenters. The monoisotopic (exact) mass is 362 g/mol. The minimum Gasteiger partial charge on any atom is -0.468 e. The third-order valence-corrected chi connectivity index (χ3v) is 4.87. The highest BCUT2D eigenvalue weighted by Crippen LogP contribution is 2.26. The topological polar surface area (TPSA) is 100 Å².